The van der Waals surface area contributed by atoms with Crippen LogP contribution in [0.3, 0.4) is 0 Å². The highest BCUT2D eigenvalue weighted by atomic mass is 35.5. The second-order valence-electron chi connectivity index (χ2n) is 4.37. The number of carbonyl (C=O) groups excluding carboxylic acids is 1. The van der Waals surface area contributed by atoms with Crippen molar-refractivity contribution in [2.75, 3.05) is 6.54 Å². The van der Waals surface area contributed by atoms with E-state index in [0.29, 0.717) is 5.92 Å². The molecule has 0 saturated heterocycles. The van der Waals surface area contributed by atoms with Crippen LogP contribution in [0.1, 0.15) is 30.6 Å². The summed E-state index contributed by atoms with van der Waals surface area (Å²) in [6.07, 6.45) is 8.51. The Morgan fingerprint density at radius 3 is 2.88 bits per heavy atom. The predicted octanol–water partition coefficient (Wildman–Crippen LogP) is 3.72. The summed E-state index contributed by atoms with van der Waals surface area (Å²) in [5.41, 5.74) is 0. The smallest absolute Gasteiger partial charge is 0.244 e. The molecule has 17 heavy (non-hydrogen) atoms. The summed E-state index contributed by atoms with van der Waals surface area (Å²) in [5, 5.41) is 2.95. The largest absolute Gasteiger partial charge is 0.352 e. The molecule has 2 rings (SSSR count). The SMILES string of the molecule is O=C(C=Cc1ccc(Cl)s1)NCC1CCCC1. The molecule has 4 heteroatoms. The first kappa shape index (κ1) is 12.7. The summed E-state index contributed by atoms with van der Waals surface area (Å²) >= 11 is 7.28. The summed E-state index contributed by atoms with van der Waals surface area (Å²) in [5.74, 6) is 0.671. The lowest BCUT2D eigenvalue weighted by Crippen LogP contribution is -2.26. The second-order valence-corrected chi connectivity index (χ2v) is 6.12. The molecule has 1 aliphatic rings. The molecule has 1 aromatic heterocycles. The molecule has 1 saturated carbocycles. The van der Waals surface area contributed by atoms with E-state index in [2.05, 4.69) is 5.32 Å². The fraction of sp³-hybridized carbons (Fsp3) is 0.462. The van der Waals surface area contributed by atoms with Crippen LogP contribution in [0.2, 0.25) is 4.34 Å². The molecule has 1 N–H and O–H groups in total. The number of rotatable bonds is 4. The van der Waals surface area contributed by atoms with Crippen molar-refractivity contribution >= 4 is 34.9 Å². The van der Waals surface area contributed by atoms with Crippen molar-refractivity contribution in [2.24, 2.45) is 5.92 Å². The number of hydrogen-bond acceptors (Lipinski definition) is 2. The van der Waals surface area contributed by atoms with Crippen LogP contribution >= 0.6 is 22.9 Å². The van der Waals surface area contributed by atoms with Crippen molar-refractivity contribution in [3.63, 3.8) is 0 Å². The minimum absolute atomic E-state index is 0.0126. The van der Waals surface area contributed by atoms with Gasteiger partial charge in [0.1, 0.15) is 0 Å². The fourth-order valence-corrected chi connectivity index (χ4v) is 3.06. The van der Waals surface area contributed by atoms with E-state index in [1.807, 2.05) is 12.1 Å². The zero-order chi connectivity index (χ0) is 12.1. The van der Waals surface area contributed by atoms with Crippen LogP contribution in [0.15, 0.2) is 18.2 Å². The molecule has 1 heterocycles. The van der Waals surface area contributed by atoms with Gasteiger partial charge in [-0.15, -0.1) is 11.3 Å². The van der Waals surface area contributed by atoms with Gasteiger partial charge in [0.05, 0.1) is 4.34 Å². The van der Waals surface area contributed by atoms with Crippen molar-refractivity contribution in [3.05, 3.63) is 27.4 Å². The van der Waals surface area contributed by atoms with Gasteiger partial charge in [0.15, 0.2) is 0 Å². The van der Waals surface area contributed by atoms with Gasteiger partial charge in [0.2, 0.25) is 5.91 Å². The predicted molar refractivity (Wildman–Crippen MR) is 73.3 cm³/mol. The monoisotopic (exact) mass is 269 g/mol. The van der Waals surface area contributed by atoms with E-state index in [1.165, 1.54) is 37.0 Å². The Morgan fingerprint density at radius 2 is 2.24 bits per heavy atom. The molecule has 0 spiro atoms. The number of amides is 1. The van der Waals surface area contributed by atoms with E-state index in [4.69, 9.17) is 11.6 Å². The maximum absolute atomic E-state index is 11.6. The number of thiophene rings is 1. The van der Waals surface area contributed by atoms with Gasteiger partial charge in [-0.3, -0.25) is 4.79 Å². The summed E-state index contributed by atoms with van der Waals surface area (Å²) in [6, 6.07) is 3.75. The van der Waals surface area contributed by atoms with Gasteiger partial charge in [-0.25, -0.2) is 0 Å². The maximum atomic E-state index is 11.6. The highest BCUT2D eigenvalue weighted by Crippen LogP contribution is 2.24. The average molecular weight is 270 g/mol. The Morgan fingerprint density at radius 1 is 1.47 bits per heavy atom. The summed E-state index contributed by atoms with van der Waals surface area (Å²) < 4.78 is 0.746. The van der Waals surface area contributed by atoms with Crippen LogP contribution < -0.4 is 5.32 Å². The van der Waals surface area contributed by atoms with Crippen LogP contribution in [-0.2, 0) is 4.79 Å². The van der Waals surface area contributed by atoms with Crippen molar-refractivity contribution in [1.82, 2.24) is 5.32 Å². The van der Waals surface area contributed by atoms with Crippen LogP contribution in [0.4, 0.5) is 0 Å². The zero-order valence-corrected chi connectivity index (χ0v) is 11.2. The molecule has 1 aliphatic carbocycles. The highest BCUT2D eigenvalue weighted by molar-refractivity contribution is 7.17. The van der Waals surface area contributed by atoms with Gasteiger partial charge < -0.3 is 5.32 Å². The molecule has 0 aromatic carbocycles. The standard InChI is InChI=1S/C13H16ClNOS/c14-12-7-5-11(17-12)6-8-13(16)15-9-10-3-1-2-4-10/h5-8,10H,1-4,9H2,(H,15,16). The van der Waals surface area contributed by atoms with Gasteiger partial charge in [-0.05, 0) is 37.0 Å². The molecule has 1 fully saturated rings. The van der Waals surface area contributed by atoms with Gasteiger partial charge >= 0.3 is 0 Å². The third-order valence-electron chi connectivity index (χ3n) is 3.03. The molecular weight excluding hydrogens is 254 g/mol. The summed E-state index contributed by atoms with van der Waals surface area (Å²) in [7, 11) is 0. The molecule has 0 bridgehead atoms. The van der Waals surface area contributed by atoms with Gasteiger partial charge in [0, 0.05) is 17.5 Å². The molecule has 1 amide bonds. The Kier molecular flexibility index (Phi) is 4.63. The van der Waals surface area contributed by atoms with E-state index in [1.54, 1.807) is 12.2 Å². The van der Waals surface area contributed by atoms with E-state index in [0.717, 1.165) is 15.8 Å². The first-order valence-corrected chi connectivity index (χ1v) is 7.15. The Hall–Kier alpha value is -0.800. The van der Waals surface area contributed by atoms with Gasteiger partial charge in [-0.2, -0.15) is 0 Å². The van der Waals surface area contributed by atoms with E-state index in [9.17, 15) is 4.79 Å². The first-order chi connectivity index (χ1) is 8.24. The lowest BCUT2D eigenvalue weighted by molar-refractivity contribution is -0.116. The molecule has 0 atom stereocenters. The number of carbonyl (C=O) groups is 1. The lowest BCUT2D eigenvalue weighted by Gasteiger charge is -2.08. The Bertz CT molecular complexity index is 407. The Balaban J connectivity index is 1.74. The topological polar surface area (TPSA) is 29.1 Å². The summed E-state index contributed by atoms with van der Waals surface area (Å²) in [6.45, 7) is 0.814. The number of halogens is 1. The molecule has 2 nitrogen and oxygen atoms in total. The molecule has 1 aromatic rings. The highest BCUT2D eigenvalue weighted by Gasteiger charge is 2.14. The minimum atomic E-state index is -0.0126. The van der Waals surface area contributed by atoms with Crippen molar-refractivity contribution in [1.29, 1.82) is 0 Å². The number of nitrogens with one attached hydrogen (secondary N) is 1. The second kappa shape index (κ2) is 6.22. The minimum Gasteiger partial charge on any atom is -0.352 e. The molecule has 0 aliphatic heterocycles. The van der Waals surface area contributed by atoms with Crippen LogP contribution in [0, 0.1) is 5.92 Å². The molecule has 0 radical (unpaired) electrons. The van der Waals surface area contributed by atoms with Crippen LogP contribution in [0.25, 0.3) is 6.08 Å². The van der Waals surface area contributed by atoms with Crippen molar-refractivity contribution < 1.29 is 4.79 Å². The Labute approximate surface area is 111 Å². The van der Waals surface area contributed by atoms with Gasteiger partial charge in [-0.1, -0.05) is 24.4 Å². The third kappa shape index (κ3) is 4.17. The average Bonchev–Trinajstić information content (AvgIpc) is 2.95. The molecular formula is C13H16ClNOS. The third-order valence-corrected chi connectivity index (χ3v) is 4.23. The fourth-order valence-electron chi connectivity index (χ4n) is 2.09. The quantitative estimate of drug-likeness (QED) is 0.830. The van der Waals surface area contributed by atoms with Crippen molar-refractivity contribution in [3.8, 4) is 0 Å². The first-order valence-electron chi connectivity index (χ1n) is 5.95. The molecule has 0 unspecified atom stereocenters. The lowest BCUT2D eigenvalue weighted by atomic mass is 10.1. The molecule has 92 valence electrons. The zero-order valence-electron chi connectivity index (χ0n) is 9.62. The van der Waals surface area contributed by atoms with E-state index >= 15 is 0 Å². The van der Waals surface area contributed by atoms with Crippen LogP contribution in [-0.4, -0.2) is 12.5 Å². The van der Waals surface area contributed by atoms with E-state index < -0.39 is 0 Å². The maximum Gasteiger partial charge on any atom is 0.244 e. The van der Waals surface area contributed by atoms with E-state index in [-0.39, 0.29) is 5.91 Å². The summed E-state index contributed by atoms with van der Waals surface area (Å²) in [4.78, 5) is 12.6. The normalized spacial score (nSPS) is 16.8. The number of hydrogen-bond donors (Lipinski definition) is 1. The van der Waals surface area contributed by atoms with Crippen molar-refractivity contribution in [2.45, 2.75) is 25.7 Å². The van der Waals surface area contributed by atoms with Gasteiger partial charge in [0.25, 0.3) is 0 Å². The van der Waals surface area contributed by atoms with Crippen LogP contribution in [0.5, 0.6) is 0 Å².